The maximum Gasteiger partial charge on any atom is 0.433 e. The van der Waals surface area contributed by atoms with E-state index in [-0.39, 0.29) is 5.95 Å². The van der Waals surface area contributed by atoms with Crippen LogP contribution in [-0.2, 0) is 6.18 Å². The van der Waals surface area contributed by atoms with Gasteiger partial charge in [0.05, 0.1) is 0 Å². The van der Waals surface area contributed by atoms with Crippen molar-refractivity contribution in [2.75, 3.05) is 36.0 Å². The first-order valence-electron chi connectivity index (χ1n) is 7.68. The molecule has 128 valence electrons. The topological polar surface area (TPSA) is 45.2 Å². The number of halogens is 3. The Morgan fingerprint density at radius 1 is 0.917 bits per heavy atom. The van der Waals surface area contributed by atoms with E-state index in [9.17, 15) is 13.2 Å². The molecular weight excluding hydrogens is 319 g/mol. The van der Waals surface area contributed by atoms with Crippen LogP contribution in [0, 0.1) is 13.8 Å². The smallest absolute Gasteiger partial charge is 0.368 e. The Labute approximate surface area is 138 Å². The molecule has 0 N–H and O–H groups in total. The van der Waals surface area contributed by atoms with Crippen molar-refractivity contribution in [1.29, 1.82) is 0 Å². The molecule has 1 saturated heterocycles. The van der Waals surface area contributed by atoms with Crippen LogP contribution in [0.15, 0.2) is 24.4 Å². The molecule has 0 aliphatic carbocycles. The minimum absolute atomic E-state index is 0.146. The van der Waals surface area contributed by atoms with Crippen molar-refractivity contribution in [1.82, 2.24) is 15.0 Å². The van der Waals surface area contributed by atoms with Gasteiger partial charge in [0.2, 0.25) is 5.95 Å². The molecule has 3 heterocycles. The number of aryl methyl sites for hydroxylation is 2. The first kappa shape index (κ1) is 16.5. The van der Waals surface area contributed by atoms with Crippen LogP contribution in [0.25, 0.3) is 0 Å². The predicted molar refractivity (Wildman–Crippen MR) is 85.2 cm³/mol. The summed E-state index contributed by atoms with van der Waals surface area (Å²) in [5, 5.41) is 0. The lowest BCUT2D eigenvalue weighted by molar-refractivity contribution is -0.141. The Morgan fingerprint density at radius 3 is 2.21 bits per heavy atom. The molecule has 2 aromatic heterocycles. The van der Waals surface area contributed by atoms with Gasteiger partial charge in [0.15, 0.2) is 0 Å². The van der Waals surface area contributed by atoms with Crippen molar-refractivity contribution >= 4 is 11.6 Å². The summed E-state index contributed by atoms with van der Waals surface area (Å²) in [7, 11) is 0. The largest absolute Gasteiger partial charge is 0.433 e. The number of aromatic nitrogens is 3. The van der Waals surface area contributed by atoms with Crippen LogP contribution < -0.4 is 9.80 Å². The normalized spacial score (nSPS) is 15.7. The highest BCUT2D eigenvalue weighted by molar-refractivity contribution is 5.48. The van der Waals surface area contributed by atoms with E-state index in [1.807, 2.05) is 19.1 Å². The molecule has 0 spiro atoms. The van der Waals surface area contributed by atoms with Crippen LogP contribution in [0.4, 0.5) is 24.8 Å². The fourth-order valence-corrected chi connectivity index (χ4v) is 2.73. The lowest BCUT2D eigenvalue weighted by Gasteiger charge is -2.36. The van der Waals surface area contributed by atoms with Crippen LogP contribution in [0.1, 0.15) is 17.1 Å². The average molecular weight is 337 g/mol. The molecular formula is C16H18F3N5. The number of piperazine rings is 1. The van der Waals surface area contributed by atoms with Gasteiger partial charge in [-0.25, -0.2) is 9.97 Å². The average Bonchev–Trinajstić information content (AvgIpc) is 2.54. The molecule has 2 aromatic rings. The molecule has 0 saturated carbocycles. The van der Waals surface area contributed by atoms with E-state index in [2.05, 4.69) is 19.9 Å². The minimum atomic E-state index is -4.46. The number of alkyl halides is 3. The van der Waals surface area contributed by atoms with Gasteiger partial charge in [-0.15, -0.1) is 0 Å². The second-order valence-corrected chi connectivity index (χ2v) is 5.82. The summed E-state index contributed by atoms with van der Waals surface area (Å²) in [6.07, 6.45) is -2.70. The lowest BCUT2D eigenvalue weighted by Crippen LogP contribution is -2.47. The quantitative estimate of drug-likeness (QED) is 0.843. The highest BCUT2D eigenvalue weighted by atomic mass is 19.4. The third-order valence-corrected chi connectivity index (χ3v) is 3.94. The van der Waals surface area contributed by atoms with E-state index in [4.69, 9.17) is 0 Å². The van der Waals surface area contributed by atoms with Gasteiger partial charge in [-0.3, -0.25) is 4.98 Å². The molecule has 1 aliphatic rings. The molecule has 1 aliphatic heterocycles. The van der Waals surface area contributed by atoms with Crippen LogP contribution >= 0.6 is 0 Å². The standard InChI is InChI=1S/C16H18F3N5/c1-11-9-13(3-4-20-11)23-5-7-24(8-6-23)15-21-12(2)10-14(22-15)16(17,18)19/h3-4,9-10H,5-8H2,1-2H3. The fraction of sp³-hybridized carbons (Fsp3) is 0.438. The molecule has 8 heteroatoms. The minimum Gasteiger partial charge on any atom is -0.368 e. The van der Waals surface area contributed by atoms with Gasteiger partial charge in [0.25, 0.3) is 0 Å². The maximum atomic E-state index is 12.9. The summed E-state index contributed by atoms with van der Waals surface area (Å²) in [4.78, 5) is 16.0. The maximum absolute atomic E-state index is 12.9. The van der Waals surface area contributed by atoms with Crippen LogP contribution in [-0.4, -0.2) is 41.1 Å². The molecule has 0 bridgehead atoms. The van der Waals surface area contributed by atoms with Gasteiger partial charge in [-0.05, 0) is 32.0 Å². The Morgan fingerprint density at radius 2 is 1.58 bits per heavy atom. The summed E-state index contributed by atoms with van der Waals surface area (Å²) in [5.41, 5.74) is 1.44. The third kappa shape index (κ3) is 3.58. The van der Waals surface area contributed by atoms with Crippen molar-refractivity contribution in [2.45, 2.75) is 20.0 Å². The number of anilines is 2. The highest BCUT2D eigenvalue weighted by Gasteiger charge is 2.34. The van der Waals surface area contributed by atoms with Crippen molar-refractivity contribution in [3.63, 3.8) is 0 Å². The molecule has 5 nitrogen and oxygen atoms in total. The Hall–Kier alpha value is -2.38. The third-order valence-electron chi connectivity index (χ3n) is 3.94. The van der Waals surface area contributed by atoms with Gasteiger partial charge >= 0.3 is 6.18 Å². The van der Waals surface area contributed by atoms with Crippen LogP contribution in [0.5, 0.6) is 0 Å². The number of hydrogen-bond donors (Lipinski definition) is 0. The molecule has 0 unspecified atom stereocenters. The van der Waals surface area contributed by atoms with E-state index >= 15 is 0 Å². The summed E-state index contributed by atoms with van der Waals surface area (Å²) >= 11 is 0. The van der Waals surface area contributed by atoms with Crippen LogP contribution in [0.3, 0.4) is 0 Å². The van der Waals surface area contributed by atoms with E-state index in [1.54, 1.807) is 18.0 Å². The fourth-order valence-electron chi connectivity index (χ4n) is 2.73. The zero-order valence-electron chi connectivity index (χ0n) is 13.5. The van der Waals surface area contributed by atoms with Gasteiger partial charge in [-0.2, -0.15) is 13.2 Å². The molecule has 24 heavy (non-hydrogen) atoms. The number of hydrogen-bond acceptors (Lipinski definition) is 5. The van der Waals surface area contributed by atoms with Crippen molar-refractivity contribution < 1.29 is 13.2 Å². The number of rotatable bonds is 2. The van der Waals surface area contributed by atoms with Gasteiger partial charge in [0.1, 0.15) is 5.69 Å². The van der Waals surface area contributed by atoms with E-state index in [1.165, 1.54) is 0 Å². The second kappa shape index (κ2) is 6.26. The number of nitrogens with zero attached hydrogens (tertiary/aromatic N) is 5. The molecule has 0 radical (unpaired) electrons. The summed E-state index contributed by atoms with van der Waals surface area (Å²) in [5.74, 6) is 0.146. The zero-order valence-corrected chi connectivity index (χ0v) is 13.5. The summed E-state index contributed by atoms with van der Waals surface area (Å²) < 4.78 is 38.7. The summed E-state index contributed by atoms with van der Waals surface area (Å²) in [6, 6.07) is 4.91. The van der Waals surface area contributed by atoms with E-state index < -0.39 is 11.9 Å². The number of pyridine rings is 1. The van der Waals surface area contributed by atoms with Gasteiger partial charge < -0.3 is 9.80 Å². The zero-order chi connectivity index (χ0) is 17.3. The Bertz CT molecular complexity index is 724. The molecule has 0 amide bonds. The van der Waals surface area contributed by atoms with E-state index in [0.29, 0.717) is 31.9 Å². The molecule has 0 aromatic carbocycles. The van der Waals surface area contributed by atoms with Crippen molar-refractivity contribution in [2.24, 2.45) is 0 Å². The van der Waals surface area contributed by atoms with Crippen LogP contribution in [0.2, 0.25) is 0 Å². The second-order valence-electron chi connectivity index (χ2n) is 5.82. The van der Waals surface area contributed by atoms with Gasteiger partial charge in [-0.1, -0.05) is 0 Å². The first-order valence-corrected chi connectivity index (χ1v) is 7.68. The SMILES string of the molecule is Cc1cc(N2CCN(c3nc(C)cc(C(F)(F)F)n3)CC2)ccn1. The molecule has 1 fully saturated rings. The van der Waals surface area contributed by atoms with E-state index in [0.717, 1.165) is 17.4 Å². The lowest BCUT2D eigenvalue weighted by atomic mass is 10.2. The van der Waals surface area contributed by atoms with Gasteiger partial charge in [0, 0.05) is 49.5 Å². The van der Waals surface area contributed by atoms with Crippen molar-refractivity contribution in [3.8, 4) is 0 Å². The monoisotopic (exact) mass is 337 g/mol. The molecule has 3 rings (SSSR count). The first-order chi connectivity index (χ1) is 11.3. The Balaban J connectivity index is 1.74. The Kier molecular flexibility index (Phi) is 4.29. The molecule has 0 atom stereocenters. The predicted octanol–water partition coefficient (Wildman–Crippen LogP) is 2.83. The van der Waals surface area contributed by atoms with Crippen molar-refractivity contribution in [3.05, 3.63) is 41.5 Å². The summed E-state index contributed by atoms with van der Waals surface area (Å²) in [6.45, 7) is 6.02. The highest BCUT2D eigenvalue weighted by Crippen LogP contribution is 2.29.